The Hall–Kier alpha value is -1.62. The summed E-state index contributed by atoms with van der Waals surface area (Å²) >= 11 is 0. The van der Waals surface area contributed by atoms with Gasteiger partial charge < -0.3 is 14.7 Å². The van der Waals surface area contributed by atoms with E-state index in [0.29, 0.717) is 18.8 Å². The number of aromatic nitrogens is 1. The molecule has 5 heteroatoms. The molecule has 1 saturated heterocycles. The molecule has 1 aromatic rings. The normalized spacial score (nSPS) is 24.0. The predicted molar refractivity (Wildman–Crippen MR) is 68.0 cm³/mol. The Morgan fingerprint density at radius 3 is 3.11 bits per heavy atom. The van der Waals surface area contributed by atoms with Gasteiger partial charge in [-0.15, -0.1) is 0 Å². The minimum absolute atomic E-state index is 0.106. The molecular formula is C13H18N2O3. The van der Waals surface area contributed by atoms with Gasteiger partial charge in [0.2, 0.25) is 0 Å². The maximum Gasteiger partial charge on any atom is 0.356 e. The molecule has 0 radical (unpaired) electrons. The Balaban J connectivity index is 2.36. The van der Waals surface area contributed by atoms with Crippen molar-refractivity contribution in [1.29, 1.82) is 0 Å². The Morgan fingerprint density at radius 1 is 1.67 bits per heavy atom. The summed E-state index contributed by atoms with van der Waals surface area (Å²) in [4.78, 5) is 17.3. The number of morpholine rings is 1. The van der Waals surface area contributed by atoms with E-state index in [1.807, 2.05) is 13.0 Å². The Morgan fingerprint density at radius 2 is 2.44 bits per heavy atom. The van der Waals surface area contributed by atoms with Crippen LogP contribution in [0.15, 0.2) is 18.3 Å². The molecule has 18 heavy (non-hydrogen) atoms. The van der Waals surface area contributed by atoms with Crippen LogP contribution in [-0.4, -0.2) is 41.4 Å². The van der Waals surface area contributed by atoms with E-state index < -0.39 is 5.97 Å². The second kappa shape index (κ2) is 5.35. The van der Waals surface area contributed by atoms with E-state index in [1.54, 1.807) is 6.07 Å². The lowest BCUT2D eigenvalue weighted by Crippen LogP contribution is -2.49. The predicted octanol–water partition coefficient (Wildman–Crippen LogP) is 1.78. The van der Waals surface area contributed by atoms with Crippen molar-refractivity contribution in [1.82, 2.24) is 4.98 Å². The van der Waals surface area contributed by atoms with Gasteiger partial charge in [-0.05, 0) is 25.5 Å². The molecule has 0 bridgehead atoms. The molecule has 0 aromatic carbocycles. The molecular weight excluding hydrogens is 232 g/mol. The molecule has 5 nitrogen and oxygen atoms in total. The first-order chi connectivity index (χ1) is 8.63. The monoisotopic (exact) mass is 250 g/mol. The van der Waals surface area contributed by atoms with Crippen molar-refractivity contribution in [3.63, 3.8) is 0 Å². The molecule has 0 aliphatic carbocycles. The van der Waals surface area contributed by atoms with Crippen molar-refractivity contribution in [3.8, 4) is 0 Å². The van der Waals surface area contributed by atoms with E-state index in [4.69, 9.17) is 4.74 Å². The van der Waals surface area contributed by atoms with Crippen LogP contribution in [0, 0.1) is 0 Å². The van der Waals surface area contributed by atoms with Crippen molar-refractivity contribution < 1.29 is 14.6 Å². The summed E-state index contributed by atoms with van der Waals surface area (Å²) in [6.07, 6.45) is 2.54. The topological polar surface area (TPSA) is 62.7 Å². The SMILES string of the molecule is CCC1COC(C)CN1c1cccnc1C(=O)O. The maximum absolute atomic E-state index is 11.2. The first kappa shape index (κ1) is 12.8. The molecule has 2 rings (SSSR count). The van der Waals surface area contributed by atoms with Crippen LogP contribution in [0.3, 0.4) is 0 Å². The molecule has 2 unspecified atom stereocenters. The van der Waals surface area contributed by atoms with Crippen molar-refractivity contribution >= 4 is 11.7 Å². The fourth-order valence-electron chi connectivity index (χ4n) is 2.27. The minimum atomic E-state index is -0.986. The number of rotatable bonds is 3. The largest absolute Gasteiger partial charge is 0.476 e. The maximum atomic E-state index is 11.2. The van der Waals surface area contributed by atoms with Crippen LogP contribution in [0.4, 0.5) is 5.69 Å². The number of pyridine rings is 1. The summed E-state index contributed by atoms with van der Waals surface area (Å²) in [5.74, 6) is -0.986. The second-order valence-corrected chi connectivity index (χ2v) is 4.53. The molecule has 1 aromatic heterocycles. The number of carboxylic acid groups (broad SMARTS) is 1. The standard InChI is InChI=1S/C13H18N2O3/c1-3-10-8-18-9(2)7-15(10)11-5-4-6-14-12(11)13(16)17/h4-6,9-10H,3,7-8H2,1-2H3,(H,16,17). The quantitative estimate of drug-likeness (QED) is 0.886. The third-order valence-corrected chi connectivity index (χ3v) is 3.24. The van der Waals surface area contributed by atoms with Crippen molar-refractivity contribution in [2.75, 3.05) is 18.1 Å². The van der Waals surface area contributed by atoms with Crippen LogP contribution in [0.25, 0.3) is 0 Å². The molecule has 1 aliphatic rings. The Bertz CT molecular complexity index is 436. The van der Waals surface area contributed by atoms with Gasteiger partial charge in [0.1, 0.15) is 0 Å². The van der Waals surface area contributed by atoms with Crippen LogP contribution in [0.5, 0.6) is 0 Å². The number of nitrogens with zero attached hydrogens (tertiary/aromatic N) is 2. The van der Waals surface area contributed by atoms with Crippen LogP contribution < -0.4 is 4.90 Å². The van der Waals surface area contributed by atoms with E-state index in [9.17, 15) is 9.90 Å². The van der Waals surface area contributed by atoms with Crippen molar-refractivity contribution in [3.05, 3.63) is 24.0 Å². The van der Waals surface area contributed by atoms with Gasteiger partial charge in [0.25, 0.3) is 0 Å². The number of hydrogen-bond donors (Lipinski definition) is 1. The van der Waals surface area contributed by atoms with Gasteiger partial charge in [-0.1, -0.05) is 6.92 Å². The number of hydrogen-bond acceptors (Lipinski definition) is 4. The zero-order valence-electron chi connectivity index (χ0n) is 10.7. The summed E-state index contributed by atoms with van der Waals surface area (Å²) in [6, 6.07) is 3.80. The van der Waals surface area contributed by atoms with Gasteiger partial charge in [-0.25, -0.2) is 9.78 Å². The van der Waals surface area contributed by atoms with Gasteiger partial charge in [-0.3, -0.25) is 0 Å². The van der Waals surface area contributed by atoms with Crippen LogP contribution in [0.1, 0.15) is 30.8 Å². The third-order valence-electron chi connectivity index (χ3n) is 3.24. The van der Waals surface area contributed by atoms with E-state index >= 15 is 0 Å². The summed E-state index contributed by atoms with van der Waals surface area (Å²) in [6.45, 7) is 5.40. The highest BCUT2D eigenvalue weighted by Crippen LogP contribution is 2.25. The fraction of sp³-hybridized carbons (Fsp3) is 0.538. The summed E-state index contributed by atoms with van der Waals surface area (Å²) in [5, 5.41) is 9.20. The van der Waals surface area contributed by atoms with Crippen molar-refractivity contribution in [2.45, 2.75) is 32.4 Å². The smallest absolute Gasteiger partial charge is 0.356 e. The fourth-order valence-corrected chi connectivity index (χ4v) is 2.27. The van der Waals surface area contributed by atoms with Gasteiger partial charge in [-0.2, -0.15) is 0 Å². The molecule has 1 fully saturated rings. The number of aromatic carboxylic acids is 1. The van der Waals surface area contributed by atoms with E-state index in [-0.39, 0.29) is 17.8 Å². The molecule has 2 atom stereocenters. The van der Waals surface area contributed by atoms with Gasteiger partial charge in [0, 0.05) is 12.7 Å². The van der Waals surface area contributed by atoms with Gasteiger partial charge >= 0.3 is 5.97 Å². The molecule has 1 N–H and O–H groups in total. The molecule has 1 aliphatic heterocycles. The van der Waals surface area contributed by atoms with E-state index in [0.717, 1.165) is 6.42 Å². The lowest BCUT2D eigenvalue weighted by molar-refractivity contribution is 0.0297. The molecule has 2 heterocycles. The minimum Gasteiger partial charge on any atom is -0.476 e. The van der Waals surface area contributed by atoms with Gasteiger partial charge in [0.15, 0.2) is 5.69 Å². The molecule has 0 spiro atoms. The highest BCUT2D eigenvalue weighted by atomic mass is 16.5. The number of anilines is 1. The number of carbonyl (C=O) groups is 1. The molecule has 98 valence electrons. The summed E-state index contributed by atoms with van der Waals surface area (Å²) in [7, 11) is 0. The highest BCUT2D eigenvalue weighted by molar-refractivity contribution is 5.92. The molecule has 0 saturated carbocycles. The average molecular weight is 250 g/mol. The van der Waals surface area contributed by atoms with Crippen molar-refractivity contribution in [2.24, 2.45) is 0 Å². The van der Waals surface area contributed by atoms with Crippen LogP contribution in [-0.2, 0) is 4.74 Å². The zero-order valence-corrected chi connectivity index (χ0v) is 10.7. The summed E-state index contributed by atoms with van der Waals surface area (Å²) < 4.78 is 5.62. The van der Waals surface area contributed by atoms with Crippen LogP contribution in [0.2, 0.25) is 0 Å². The Labute approximate surface area is 106 Å². The highest BCUT2D eigenvalue weighted by Gasteiger charge is 2.28. The first-order valence-corrected chi connectivity index (χ1v) is 6.20. The van der Waals surface area contributed by atoms with Gasteiger partial charge in [0.05, 0.1) is 24.4 Å². The lowest BCUT2D eigenvalue weighted by atomic mass is 10.1. The van der Waals surface area contributed by atoms with E-state index in [2.05, 4.69) is 16.8 Å². The Kier molecular flexibility index (Phi) is 3.81. The number of carboxylic acids is 1. The lowest BCUT2D eigenvalue weighted by Gasteiger charge is -2.40. The van der Waals surface area contributed by atoms with Crippen LogP contribution >= 0.6 is 0 Å². The third kappa shape index (κ3) is 2.46. The zero-order chi connectivity index (χ0) is 13.1. The average Bonchev–Trinajstić information content (AvgIpc) is 2.38. The number of ether oxygens (including phenoxy) is 1. The molecule has 0 amide bonds. The van der Waals surface area contributed by atoms with E-state index in [1.165, 1.54) is 6.20 Å². The summed E-state index contributed by atoms with van der Waals surface area (Å²) in [5.41, 5.74) is 0.803. The second-order valence-electron chi connectivity index (χ2n) is 4.53. The first-order valence-electron chi connectivity index (χ1n) is 6.20.